The van der Waals surface area contributed by atoms with Crippen molar-refractivity contribution >= 4 is 21.7 Å². The van der Waals surface area contributed by atoms with Crippen LogP contribution in [0.4, 0.5) is 0 Å². The topological polar surface area (TPSA) is 52.6 Å². The number of rotatable bonds is 6. The third-order valence-corrected chi connectivity index (χ3v) is 2.45. The van der Waals surface area contributed by atoms with Crippen LogP contribution in [0.25, 0.3) is 6.08 Å². The van der Waals surface area contributed by atoms with E-state index in [0.717, 1.165) is 5.37 Å². The van der Waals surface area contributed by atoms with Crippen molar-refractivity contribution < 1.29 is 17.9 Å². The Morgan fingerprint density at radius 2 is 2.29 bits per heavy atom. The first-order valence-corrected chi connectivity index (χ1v) is 6.00. The quantitative estimate of drug-likeness (QED) is 0.567. The Morgan fingerprint density at radius 1 is 1.53 bits per heavy atom. The minimum absolute atomic E-state index is 0.265. The lowest BCUT2D eigenvalue weighted by molar-refractivity contribution is 0.329. The Hall–Kier alpha value is -1.75. The van der Waals surface area contributed by atoms with Gasteiger partial charge in [-0.25, -0.2) is 0 Å². The molecule has 0 unspecified atom stereocenters. The number of benzene rings is 1. The minimum Gasteiger partial charge on any atom is -0.496 e. The fourth-order valence-electron chi connectivity index (χ4n) is 1.18. The SMILES string of the molecule is [CH]=Cc1cc(OCCC=S(=O)=O)[c]cc1OC. The molecule has 5 heteroatoms. The van der Waals surface area contributed by atoms with Crippen LogP contribution >= 0.6 is 0 Å². The molecule has 0 saturated heterocycles. The second-order valence-corrected chi connectivity index (χ2v) is 3.91. The lowest BCUT2D eigenvalue weighted by Crippen LogP contribution is -1.99. The zero-order valence-electron chi connectivity index (χ0n) is 9.34. The van der Waals surface area contributed by atoms with E-state index >= 15 is 0 Å². The maximum atomic E-state index is 10.2. The van der Waals surface area contributed by atoms with Crippen molar-refractivity contribution in [2.24, 2.45) is 0 Å². The van der Waals surface area contributed by atoms with Gasteiger partial charge in [0.15, 0.2) is 0 Å². The normalized spacial score (nSPS) is 9.47. The van der Waals surface area contributed by atoms with E-state index < -0.39 is 10.3 Å². The first-order valence-electron chi connectivity index (χ1n) is 4.86. The second kappa shape index (κ2) is 6.75. The fraction of sp³-hybridized carbons (Fsp3) is 0.250. The highest BCUT2D eigenvalue weighted by Crippen LogP contribution is 2.24. The minimum atomic E-state index is -2.15. The van der Waals surface area contributed by atoms with Crippen LogP contribution in [-0.4, -0.2) is 27.5 Å². The van der Waals surface area contributed by atoms with Crippen molar-refractivity contribution in [1.82, 2.24) is 0 Å². The summed E-state index contributed by atoms with van der Waals surface area (Å²) in [5.74, 6) is 1.10. The molecule has 0 N–H and O–H groups in total. The van der Waals surface area contributed by atoms with Gasteiger partial charge in [0, 0.05) is 23.4 Å². The molecule has 1 aromatic carbocycles. The molecule has 0 aromatic heterocycles. The zero-order chi connectivity index (χ0) is 12.7. The molecule has 0 aliphatic rings. The standard InChI is InChI=1S/C12H12O4S/c1-3-10-9-11(5-6-12(10)15-2)16-7-4-8-17(13)14/h1,3,6,8-9H,4,7H2,2H3. The molecule has 0 saturated carbocycles. The van der Waals surface area contributed by atoms with Crippen LogP contribution in [0.5, 0.6) is 11.5 Å². The highest BCUT2D eigenvalue weighted by Gasteiger charge is 2.02. The molecule has 1 aromatic rings. The van der Waals surface area contributed by atoms with Gasteiger partial charge in [0.1, 0.15) is 11.5 Å². The maximum Gasteiger partial charge on any atom is 0.210 e. The van der Waals surface area contributed by atoms with Crippen LogP contribution in [0, 0.1) is 12.6 Å². The molecule has 2 radical (unpaired) electrons. The summed E-state index contributed by atoms with van der Waals surface area (Å²) in [7, 11) is -0.609. The van der Waals surface area contributed by atoms with Crippen molar-refractivity contribution in [3.05, 3.63) is 30.3 Å². The van der Waals surface area contributed by atoms with Crippen LogP contribution in [0.2, 0.25) is 0 Å². The number of methoxy groups -OCH3 is 1. The number of ether oxygens (including phenoxy) is 2. The van der Waals surface area contributed by atoms with E-state index in [0.29, 0.717) is 23.5 Å². The average Bonchev–Trinajstić information content (AvgIpc) is 2.34. The van der Waals surface area contributed by atoms with E-state index in [-0.39, 0.29) is 6.61 Å². The number of hydrogen-bond donors (Lipinski definition) is 0. The highest BCUT2D eigenvalue weighted by molar-refractivity contribution is 7.71. The Kier molecular flexibility index (Phi) is 5.29. The van der Waals surface area contributed by atoms with Crippen molar-refractivity contribution in [2.45, 2.75) is 6.42 Å². The van der Waals surface area contributed by atoms with Crippen LogP contribution < -0.4 is 9.47 Å². The predicted octanol–water partition coefficient (Wildman–Crippen LogP) is 1.39. The first-order chi connectivity index (χ1) is 8.17. The lowest BCUT2D eigenvalue weighted by Gasteiger charge is -2.08. The molecule has 0 bridgehead atoms. The molecule has 0 amide bonds. The van der Waals surface area contributed by atoms with Gasteiger partial charge in [-0.3, -0.25) is 0 Å². The monoisotopic (exact) mass is 252 g/mol. The summed E-state index contributed by atoms with van der Waals surface area (Å²) in [5, 5.41) is 1.14. The van der Waals surface area contributed by atoms with E-state index in [1.54, 1.807) is 12.1 Å². The molecule has 0 heterocycles. The van der Waals surface area contributed by atoms with Crippen LogP contribution in [0.1, 0.15) is 12.0 Å². The Balaban J connectivity index is 2.66. The third kappa shape index (κ3) is 4.32. The summed E-state index contributed by atoms with van der Waals surface area (Å²) in [6.07, 6.45) is 1.72. The summed E-state index contributed by atoms with van der Waals surface area (Å²) in [5.41, 5.74) is 0.692. The van der Waals surface area contributed by atoms with Gasteiger partial charge in [-0.2, -0.15) is 8.42 Å². The maximum absolute atomic E-state index is 10.2. The van der Waals surface area contributed by atoms with Crippen LogP contribution in [-0.2, 0) is 10.3 Å². The molecule has 1 rings (SSSR count). The van der Waals surface area contributed by atoms with Gasteiger partial charge < -0.3 is 9.47 Å². The first kappa shape index (κ1) is 13.3. The molecular weight excluding hydrogens is 240 g/mol. The Bertz CT molecular complexity index is 509. The van der Waals surface area contributed by atoms with Crippen LogP contribution in [0.3, 0.4) is 0 Å². The third-order valence-electron chi connectivity index (χ3n) is 1.95. The number of hydrogen-bond acceptors (Lipinski definition) is 4. The molecular formula is C12H12O4S. The van der Waals surface area contributed by atoms with Crippen molar-refractivity contribution in [3.8, 4) is 11.5 Å². The molecule has 17 heavy (non-hydrogen) atoms. The smallest absolute Gasteiger partial charge is 0.210 e. The highest BCUT2D eigenvalue weighted by atomic mass is 32.2. The van der Waals surface area contributed by atoms with E-state index in [4.69, 9.17) is 16.1 Å². The van der Waals surface area contributed by atoms with Gasteiger partial charge in [0.05, 0.1) is 13.7 Å². The van der Waals surface area contributed by atoms with Gasteiger partial charge in [0.2, 0.25) is 10.3 Å². The van der Waals surface area contributed by atoms with Crippen molar-refractivity contribution in [1.29, 1.82) is 0 Å². The van der Waals surface area contributed by atoms with Gasteiger partial charge in [-0.05, 0) is 12.1 Å². The molecule has 0 aliphatic heterocycles. The average molecular weight is 252 g/mol. The summed E-state index contributed by atoms with van der Waals surface area (Å²) in [4.78, 5) is 0. The van der Waals surface area contributed by atoms with Gasteiger partial charge >= 0.3 is 0 Å². The molecule has 0 aliphatic carbocycles. The van der Waals surface area contributed by atoms with Crippen molar-refractivity contribution in [2.75, 3.05) is 13.7 Å². The summed E-state index contributed by atoms with van der Waals surface area (Å²) < 4.78 is 30.8. The fourth-order valence-corrected chi connectivity index (χ4v) is 1.47. The van der Waals surface area contributed by atoms with E-state index in [2.05, 4.69) is 6.07 Å². The van der Waals surface area contributed by atoms with E-state index in [9.17, 15) is 8.42 Å². The van der Waals surface area contributed by atoms with Gasteiger partial charge in [0.25, 0.3) is 0 Å². The molecule has 0 spiro atoms. The van der Waals surface area contributed by atoms with Crippen molar-refractivity contribution in [3.63, 3.8) is 0 Å². The van der Waals surface area contributed by atoms with Gasteiger partial charge in [-0.15, -0.1) is 0 Å². The Labute approximate surface area is 102 Å². The molecule has 0 fully saturated rings. The van der Waals surface area contributed by atoms with Gasteiger partial charge in [-0.1, -0.05) is 12.7 Å². The molecule has 90 valence electrons. The largest absolute Gasteiger partial charge is 0.496 e. The second-order valence-electron chi connectivity index (χ2n) is 3.05. The summed E-state index contributed by atoms with van der Waals surface area (Å²) >= 11 is 0. The summed E-state index contributed by atoms with van der Waals surface area (Å²) in [6.45, 7) is 5.69. The van der Waals surface area contributed by atoms with E-state index in [1.807, 2.05) is 0 Å². The Morgan fingerprint density at radius 3 is 2.88 bits per heavy atom. The van der Waals surface area contributed by atoms with Crippen LogP contribution in [0.15, 0.2) is 12.1 Å². The van der Waals surface area contributed by atoms with E-state index in [1.165, 1.54) is 13.2 Å². The zero-order valence-corrected chi connectivity index (χ0v) is 10.2. The molecule has 0 atom stereocenters. The molecule has 4 nitrogen and oxygen atoms in total. The summed E-state index contributed by atoms with van der Waals surface area (Å²) in [6, 6.07) is 6.15. The predicted molar refractivity (Wildman–Crippen MR) is 65.7 cm³/mol. The lowest BCUT2D eigenvalue weighted by atomic mass is 10.2.